The van der Waals surface area contributed by atoms with Crippen molar-refractivity contribution in [3.05, 3.63) is 34.1 Å². The first-order chi connectivity index (χ1) is 7.93. The van der Waals surface area contributed by atoms with E-state index in [4.69, 9.17) is 5.11 Å². The molecule has 0 aromatic carbocycles. The maximum Gasteiger partial charge on any atom is 0.312 e. The summed E-state index contributed by atoms with van der Waals surface area (Å²) in [6, 6.07) is 2.70. The number of hydrogen-bond acceptors (Lipinski definition) is 4. The van der Waals surface area contributed by atoms with Gasteiger partial charge in [0.1, 0.15) is 11.6 Å². The summed E-state index contributed by atoms with van der Waals surface area (Å²) >= 11 is 0. The summed E-state index contributed by atoms with van der Waals surface area (Å²) in [5.74, 6) is -1.89. The van der Waals surface area contributed by atoms with E-state index in [0.29, 0.717) is 6.42 Å². The number of hydrogen-bond donors (Lipinski definition) is 1. The molecular weight excluding hydrogens is 224 g/mol. The third-order valence-corrected chi connectivity index (χ3v) is 2.35. The number of carbonyl (C=O) groups is 1. The molecule has 1 rings (SSSR count). The summed E-state index contributed by atoms with van der Waals surface area (Å²) in [5.41, 5.74) is -0.209. The predicted octanol–water partition coefficient (Wildman–Crippen LogP) is 2.20. The Labute approximate surface area is 98.4 Å². The highest BCUT2D eigenvalue weighted by atomic mass is 16.6. The van der Waals surface area contributed by atoms with Crippen LogP contribution in [0.3, 0.4) is 0 Å². The zero-order chi connectivity index (χ0) is 13.0. The molecular formula is C11H14N2O4. The topological polar surface area (TPSA) is 93.3 Å². The Balaban J connectivity index is 3.18. The van der Waals surface area contributed by atoms with Gasteiger partial charge in [-0.15, -0.1) is 0 Å². The molecule has 92 valence electrons. The predicted molar refractivity (Wildman–Crippen MR) is 60.7 cm³/mol. The lowest BCUT2D eigenvalue weighted by Crippen LogP contribution is -2.17. The second-order valence-electron chi connectivity index (χ2n) is 4.19. The number of rotatable bonds is 5. The molecule has 0 radical (unpaired) electrons. The third-order valence-electron chi connectivity index (χ3n) is 2.35. The Morgan fingerprint density at radius 1 is 1.59 bits per heavy atom. The molecule has 6 nitrogen and oxygen atoms in total. The van der Waals surface area contributed by atoms with Gasteiger partial charge in [-0.05, 0) is 18.4 Å². The highest BCUT2D eigenvalue weighted by Crippen LogP contribution is 2.29. The Hall–Kier alpha value is -1.98. The quantitative estimate of drug-likeness (QED) is 0.627. The second-order valence-corrected chi connectivity index (χ2v) is 4.19. The van der Waals surface area contributed by atoms with Crippen molar-refractivity contribution in [1.82, 2.24) is 4.98 Å². The van der Waals surface area contributed by atoms with Gasteiger partial charge in [0.25, 0.3) is 5.69 Å². The van der Waals surface area contributed by atoms with E-state index in [1.807, 2.05) is 13.8 Å². The average molecular weight is 238 g/mol. The molecule has 0 amide bonds. The number of nitro groups is 1. The lowest BCUT2D eigenvalue weighted by molar-refractivity contribution is -0.386. The SMILES string of the molecule is CC(C)CC(C(=O)O)c1ncccc1[N+](=O)[O-]. The van der Waals surface area contributed by atoms with Crippen LogP contribution in [0.1, 0.15) is 31.9 Å². The van der Waals surface area contributed by atoms with Crippen molar-refractivity contribution in [2.75, 3.05) is 0 Å². The minimum Gasteiger partial charge on any atom is -0.481 e. The van der Waals surface area contributed by atoms with E-state index in [-0.39, 0.29) is 17.3 Å². The van der Waals surface area contributed by atoms with Crippen LogP contribution in [0.25, 0.3) is 0 Å². The molecule has 1 aromatic heterocycles. The van der Waals surface area contributed by atoms with Gasteiger partial charge in [0.2, 0.25) is 0 Å². The third kappa shape index (κ3) is 3.24. The molecule has 1 heterocycles. The lowest BCUT2D eigenvalue weighted by atomic mass is 9.93. The first-order valence-electron chi connectivity index (χ1n) is 5.25. The van der Waals surface area contributed by atoms with Crippen LogP contribution in [-0.2, 0) is 4.79 Å². The molecule has 1 N–H and O–H groups in total. The van der Waals surface area contributed by atoms with Gasteiger partial charge in [-0.3, -0.25) is 19.9 Å². The van der Waals surface area contributed by atoms with Crippen LogP contribution in [-0.4, -0.2) is 21.0 Å². The van der Waals surface area contributed by atoms with Gasteiger partial charge in [-0.1, -0.05) is 13.8 Å². The van der Waals surface area contributed by atoms with Gasteiger partial charge in [0, 0.05) is 12.3 Å². The van der Waals surface area contributed by atoms with E-state index in [0.717, 1.165) is 0 Å². The molecule has 0 bridgehead atoms. The van der Waals surface area contributed by atoms with Crippen LogP contribution in [0.15, 0.2) is 18.3 Å². The minimum absolute atomic E-state index is 0.0266. The Bertz CT molecular complexity index is 431. The van der Waals surface area contributed by atoms with Gasteiger partial charge in [0.15, 0.2) is 0 Å². The van der Waals surface area contributed by atoms with Crippen molar-refractivity contribution in [2.24, 2.45) is 5.92 Å². The summed E-state index contributed by atoms with van der Waals surface area (Å²) in [6.45, 7) is 3.73. The highest BCUT2D eigenvalue weighted by Gasteiger charge is 2.29. The van der Waals surface area contributed by atoms with Crippen molar-refractivity contribution in [3.8, 4) is 0 Å². The molecule has 0 saturated carbocycles. The zero-order valence-corrected chi connectivity index (χ0v) is 9.66. The van der Waals surface area contributed by atoms with Crippen LogP contribution in [0.5, 0.6) is 0 Å². The minimum atomic E-state index is -1.08. The molecule has 0 fully saturated rings. The number of aromatic nitrogens is 1. The number of carboxylic acid groups (broad SMARTS) is 1. The normalized spacial score (nSPS) is 12.4. The van der Waals surface area contributed by atoms with E-state index in [9.17, 15) is 14.9 Å². The molecule has 0 aliphatic heterocycles. The number of nitrogens with zero attached hydrogens (tertiary/aromatic N) is 2. The van der Waals surface area contributed by atoms with Crippen LogP contribution in [0, 0.1) is 16.0 Å². The van der Waals surface area contributed by atoms with Crippen molar-refractivity contribution < 1.29 is 14.8 Å². The van der Waals surface area contributed by atoms with E-state index in [2.05, 4.69) is 4.98 Å². The number of carboxylic acids is 1. The molecule has 1 atom stereocenters. The van der Waals surface area contributed by atoms with Gasteiger partial charge in [-0.25, -0.2) is 0 Å². The summed E-state index contributed by atoms with van der Waals surface area (Å²) in [6.07, 6.45) is 1.70. The summed E-state index contributed by atoms with van der Waals surface area (Å²) in [5, 5.41) is 19.9. The summed E-state index contributed by atoms with van der Waals surface area (Å²) in [4.78, 5) is 25.2. The molecule has 17 heavy (non-hydrogen) atoms. The standard InChI is InChI=1S/C11H14N2O4/c1-7(2)6-8(11(14)15)10-9(13(16)17)4-3-5-12-10/h3-5,7-8H,6H2,1-2H3,(H,14,15). The summed E-state index contributed by atoms with van der Waals surface area (Å²) < 4.78 is 0. The molecule has 0 aliphatic rings. The largest absolute Gasteiger partial charge is 0.481 e. The first-order valence-corrected chi connectivity index (χ1v) is 5.25. The van der Waals surface area contributed by atoms with Crippen molar-refractivity contribution in [3.63, 3.8) is 0 Å². The maximum atomic E-state index is 11.1. The monoisotopic (exact) mass is 238 g/mol. The zero-order valence-electron chi connectivity index (χ0n) is 9.66. The average Bonchev–Trinajstić information content (AvgIpc) is 2.25. The van der Waals surface area contributed by atoms with Gasteiger partial charge >= 0.3 is 5.97 Å². The fourth-order valence-electron chi connectivity index (χ4n) is 1.63. The van der Waals surface area contributed by atoms with E-state index in [1.165, 1.54) is 18.3 Å². The molecule has 0 saturated heterocycles. The van der Waals surface area contributed by atoms with E-state index >= 15 is 0 Å². The Kier molecular flexibility index (Phi) is 4.14. The van der Waals surface area contributed by atoms with Crippen molar-refractivity contribution in [1.29, 1.82) is 0 Å². The fourth-order valence-corrected chi connectivity index (χ4v) is 1.63. The van der Waals surface area contributed by atoms with Crippen molar-refractivity contribution >= 4 is 11.7 Å². The number of pyridine rings is 1. The lowest BCUT2D eigenvalue weighted by Gasteiger charge is -2.13. The molecule has 6 heteroatoms. The van der Waals surface area contributed by atoms with Crippen molar-refractivity contribution in [2.45, 2.75) is 26.2 Å². The van der Waals surface area contributed by atoms with E-state index in [1.54, 1.807) is 0 Å². The fraction of sp³-hybridized carbons (Fsp3) is 0.455. The first kappa shape index (κ1) is 13.1. The Morgan fingerprint density at radius 3 is 2.71 bits per heavy atom. The van der Waals surface area contributed by atoms with Gasteiger partial charge < -0.3 is 5.11 Å². The number of aliphatic carboxylic acids is 1. The Morgan fingerprint density at radius 2 is 2.24 bits per heavy atom. The summed E-state index contributed by atoms with van der Waals surface area (Å²) in [7, 11) is 0. The van der Waals surface area contributed by atoms with Gasteiger partial charge in [0.05, 0.1) is 4.92 Å². The molecule has 0 aliphatic carbocycles. The van der Waals surface area contributed by atoms with Crippen LogP contribution in [0.2, 0.25) is 0 Å². The van der Waals surface area contributed by atoms with Crippen LogP contribution < -0.4 is 0 Å². The van der Waals surface area contributed by atoms with E-state index < -0.39 is 16.8 Å². The van der Waals surface area contributed by atoms with Crippen LogP contribution >= 0.6 is 0 Å². The molecule has 1 unspecified atom stereocenters. The van der Waals surface area contributed by atoms with Gasteiger partial charge in [-0.2, -0.15) is 0 Å². The highest BCUT2D eigenvalue weighted by molar-refractivity contribution is 5.76. The maximum absolute atomic E-state index is 11.1. The smallest absolute Gasteiger partial charge is 0.312 e. The van der Waals surface area contributed by atoms with Crippen LogP contribution in [0.4, 0.5) is 5.69 Å². The second kappa shape index (κ2) is 5.38. The molecule has 0 spiro atoms. The molecule has 1 aromatic rings.